The Morgan fingerprint density at radius 1 is 1.21 bits per heavy atom. The van der Waals surface area contributed by atoms with E-state index >= 15 is 0 Å². The topological polar surface area (TPSA) is 93.8 Å². The van der Waals surface area contributed by atoms with Gasteiger partial charge in [-0.05, 0) is 35.7 Å². The Balaban J connectivity index is 1.25. The number of thiophene rings is 1. The summed E-state index contributed by atoms with van der Waals surface area (Å²) in [6.45, 7) is 0. The van der Waals surface area contributed by atoms with Gasteiger partial charge in [0.15, 0.2) is 4.34 Å². The molecule has 1 amide bonds. The number of carbonyl (C=O) groups excluding carboxylic acids is 1. The van der Waals surface area contributed by atoms with E-state index in [9.17, 15) is 4.79 Å². The zero-order valence-electron chi connectivity index (χ0n) is 14.9. The van der Waals surface area contributed by atoms with Gasteiger partial charge >= 0.3 is 0 Å². The lowest BCUT2D eigenvalue weighted by Crippen LogP contribution is -2.12. The fourth-order valence-electron chi connectivity index (χ4n) is 2.32. The van der Waals surface area contributed by atoms with Gasteiger partial charge in [-0.1, -0.05) is 45.9 Å². The molecule has 0 bridgehead atoms. The van der Waals surface area contributed by atoms with Crippen molar-refractivity contribution in [2.45, 2.75) is 22.9 Å². The lowest BCUT2D eigenvalue weighted by atomic mass is 10.2. The predicted octanol–water partition coefficient (Wildman–Crippen LogP) is 5.17. The number of aromatic nitrogens is 4. The van der Waals surface area contributed by atoms with Crippen LogP contribution in [-0.4, -0.2) is 26.2 Å². The molecule has 0 aliphatic rings. The number of thioether (sulfide) groups is 1. The van der Waals surface area contributed by atoms with Crippen LogP contribution in [0.2, 0.25) is 5.02 Å². The van der Waals surface area contributed by atoms with Gasteiger partial charge in [0.2, 0.25) is 22.8 Å². The summed E-state index contributed by atoms with van der Waals surface area (Å²) in [5.41, 5.74) is 0.801. The molecule has 0 radical (unpaired) electrons. The molecule has 11 heteroatoms. The third kappa shape index (κ3) is 5.63. The molecule has 4 rings (SSSR count). The van der Waals surface area contributed by atoms with Gasteiger partial charge in [-0.3, -0.25) is 4.79 Å². The Labute approximate surface area is 183 Å². The van der Waals surface area contributed by atoms with E-state index in [1.807, 2.05) is 23.6 Å². The molecule has 0 saturated heterocycles. The molecular weight excluding hydrogens is 450 g/mol. The maximum absolute atomic E-state index is 12.2. The highest BCUT2D eigenvalue weighted by Gasteiger charge is 2.13. The predicted molar refractivity (Wildman–Crippen MR) is 115 cm³/mol. The largest absolute Gasteiger partial charge is 0.339 e. The summed E-state index contributed by atoms with van der Waals surface area (Å²) in [5.74, 6) is 1.53. The van der Waals surface area contributed by atoms with Gasteiger partial charge in [0, 0.05) is 34.1 Å². The summed E-state index contributed by atoms with van der Waals surface area (Å²) in [4.78, 5) is 17.8. The van der Waals surface area contributed by atoms with Gasteiger partial charge in [-0.2, -0.15) is 4.98 Å². The second-order valence-corrected chi connectivity index (χ2v) is 9.48. The van der Waals surface area contributed by atoms with Crippen molar-refractivity contribution in [3.05, 3.63) is 57.6 Å². The van der Waals surface area contributed by atoms with E-state index in [1.165, 1.54) is 16.2 Å². The molecule has 4 aromatic rings. The number of benzene rings is 1. The van der Waals surface area contributed by atoms with E-state index in [1.54, 1.807) is 35.2 Å². The summed E-state index contributed by atoms with van der Waals surface area (Å²) in [6.07, 6.45) is 0.546. The van der Waals surface area contributed by atoms with Crippen LogP contribution >= 0.6 is 46.0 Å². The molecule has 0 aliphatic heterocycles. The smallest absolute Gasteiger partial charge is 0.227 e. The van der Waals surface area contributed by atoms with Crippen molar-refractivity contribution >= 4 is 57.1 Å². The van der Waals surface area contributed by atoms with Crippen LogP contribution in [-0.2, 0) is 17.0 Å². The zero-order valence-corrected chi connectivity index (χ0v) is 18.1. The first-order chi connectivity index (χ1) is 14.2. The van der Waals surface area contributed by atoms with Crippen LogP contribution in [0.3, 0.4) is 0 Å². The maximum Gasteiger partial charge on any atom is 0.227 e. The number of rotatable bonds is 8. The van der Waals surface area contributed by atoms with Crippen LogP contribution in [0, 0.1) is 0 Å². The molecule has 29 heavy (non-hydrogen) atoms. The summed E-state index contributed by atoms with van der Waals surface area (Å²) in [6, 6.07) is 11.2. The van der Waals surface area contributed by atoms with E-state index in [4.69, 9.17) is 16.1 Å². The van der Waals surface area contributed by atoms with Crippen molar-refractivity contribution in [1.82, 2.24) is 20.3 Å². The van der Waals surface area contributed by atoms with Gasteiger partial charge in [0.25, 0.3) is 0 Å². The summed E-state index contributed by atoms with van der Waals surface area (Å²) in [5, 5.41) is 18.0. The number of aryl methyl sites for hydroxylation is 1. The number of halogens is 1. The zero-order chi connectivity index (χ0) is 20.1. The first-order valence-electron chi connectivity index (χ1n) is 8.53. The number of nitrogens with one attached hydrogen (secondary N) is 1. The lowest BCUT2D eigenvalue weighted by molar-refractivity contribution is -0.116. The molecule has 0 unspecified atom stereocenters. The van der Waals surface area contributed by atoms with Crippen LogP contribution in [0.4, 0.5) is 5.13 Å². The fraction of sp³-hybridized carbons (Fsp3) is 0.167. The van der Waals surface area contributed by atoms with Crippen molar-refractivity contribution in [1.29, 1.82) is 0 Å². The highest BCUT2D eigenvalue weighted by molar-refractivity contribution is 8.00. The Hall–Kier alpha value is -2.27. The molecule has 0 aliphatic carbocycles. The van der Waals surface area contributed by atoms with Gasteiger partial charge in [0.05, 0.1) is 0 Å². The molecule has 148 valence electrons. The fourth-order valence-corrected chi connectivity index (χ4v) is 4.99. The molecule has 3 heterocycles. The van der Waals surface area contributed by atoms with Crippen LogP contribution in [0.15, 0.2) is 50.6 Å². The van der Waals surface area contributed by atoms with Crippen LogP contribution in [0.5, 0.6) is 0 Å². The minimum absolute atomic E-state index is 0.179. The summed E-state index contributed by atoms with van der Waals surface area (Å²) < 4.78 is 6.04. The van der Waals surface area contributed by atoms with Crippen LogP contribution < -0.4 is 5.32 Å². The Kier molecular flexibility index (Phi) is 6.55. The average molecular weight is 464 g/mol. The van der Waals surface area contributed by atoms with Crippen molar-refractivity contribution in [3.8, 4) is 11.4 Å². The number of anilines is 1. The number of carbonyl (C=O) groups is 1. The Morgan fingerprint density at radius 2 is 2.07 bits per heavy atom. The monoisotopic (exact) mass is 463 g/mol. The second kappa shape index (κ2) is 9.49. The van der Waals surface area contributed by atoms with E-state index in [-0.39, 0.29) is 12.3 Å². The summed E-state index contributed by atoms with van der Waals surface area (Å²) in [7, 11) is 0. The van der Waals surface area contributed by atoms with Crippen molar-refractivity contribution in [2.24, 2.45) is 0 Å². The third-order valence-corrected chi connectivity index (χ3v) is 7.04. The highest BCUT2D eigenvalue weighted by Crippen LogP contribution is 2.29. The van der Waals surface area contributed by atoms with Gasteiger partial charge < -0.3 is 9.84 Å². The maximum atomic E-state index is 12.2. The minimum Gasteiger partial charge on any atom is -0.339 e. The molecule has 0 atom stereocenters. The van der Waals surface area contributed by atoms with E-state index < -0.39 is 0 Å². The van der Waals surface area contributed by atoms with Crippen LogP contribution in [0.25, 0.3) is 11.4 Å². The SMILES string of the molecule is O=C(CCc1nc(-c2ccc(Cl)cc2)no1)Nc1nnc(SCc2cccs2)s1. The Bertz CT molecular complexity index is 1080. The molecule has 0 saturated carbocycles. The quantitative estimate of drug-likeness (QED) is 0.284. The van der Waals surface area contributed by atoms with E-state index in [0.29, 0.717) is 28.3 Å². The normalized spacial score (nSPS) is 10.9. The highest BCUT2D eigenvalue weighted by atomic mass is 35.5. The van der Waals surface area contributed by atoms with Crippen molar-refractivity contribution in [2.75, 3.05) is 5.32 Å². The standard InChI is InChI=1S/C18H14ClN5O2S3/c19-12-5-3-11(4-6-12)16-21-15(26-24-16)8-7-14(25)20-17-22-23-18(29-17)28-10-13-2-1-9-27-13/h1-6,9H,7-8,10H2,(H,20,22,25). The first kappa shape index (κ1) is 20.0. The van der Waals surface area contributed by atoms with Crippen LogP contribution in [0.1, 0.15) is 17.2 Å². The van der Waals surface area contributed by atoms with E-state index in [2.05, 4.69) is 31.7 Å². The molecule has 0 spiro atoms. The van der Waals surface area contributed by atoms with Gasteiger partial charge in [0.1, 0.15) is 0 Å². The van der Waals surface area contributed by atoms with Crippen molar-refractivity contribution in [3.63, 3.8) is 0 Å². The second-order valence-electron chi connectivity index (χ2n) is 5.81. The molecule has 1 N–H and O–H groups in total. The lowest BCUT2D eigenvalue weighted by Gasteiger charge is -1.98. The number of hydrogen-bond acceptors (Lipinski definition) is 9. The molecule has 1 aromatic carbocycles. The average Bonchev–Trinajstić information content (AvgIpc) is 3.47. The number of amides is 1. The Morgan fingerprint density at radius 3 is 2.86 bits per heavy atom. The first-order valence-corrected chi connectivity index (χ1v) is 11.6. The molecule has 3 aromatic heterocycles. The van der Waals surface area contributed by atoms with Gasteiger partial charge in [-0.15, -0.1) is 21.5 Å². The summed E-state index contributed by atoms with van der Waals surface area (Å²) >= 11 is 10.5. The molecule has 0 fully saturated rings. The number of hydrogen-bond donors (Lipinski definition) is 1. The molecular formula is C18H14ClN5O2S3. The van der Waals surface area contributed by atoms with E-state index in [0.717, 1.165) is 15.7 Å². The third-order valence-electron chi connectivity index (χ3n) is 3.71. The minimum atomic E-state index is -0.179. The number of nitrogens with zero attached hydrogens (tertiary/aromatic N) is 4. The van der Waals surface area contributed by atoms with Crippen molar-refractivity contribution < 1.29 is 9.32 Å². The molecule has 7 nitrogen and oxygen atoms in total. The van der Waals surface area contributed by atoms with Gasteiger partial charge in [-0.25, -0.2) is 0 Å².